The van der Waals surface area contributed by atoms with Crippen molar-refractivity contribution >= 4 is 33.3 Å². The van der Waals surface area contributed by atoms with E-state index >= 15 is 0 Å². The van der Waals surface area contributed by atoms with Crippen LogP contribution in [0.1, 0.15) is 45.1 Å². The lowest BCUT2D eigenvalue weighted by Crippen LogP contribution is -2.34. The quantitative estimate of drug-likeness (QED) is 0.397. The Balaban J connectivity index is 1.03. The highest BCUT2D eigenvalue weighted by molar-refractivity contribution is 7.19. The van der Waals surface area contributed by atoms with Gasteiger partial charge in [0.05, 0.1) is 6.10 Å². The van der Waals surface area contributed by atoms with Crippen LogP contribution in [0.15, 0.2) is 42.6 Å². The van der Waals surface area contributed by atoms with Gasteiger partial charge in [-0.15, -0.1) is 15.3 Å². The molecule has 0 aliphatic carbocycles. The van der Waals surface area contributed by atoms with Crippen molar-refractivity contribution in [3.8, 4) is 5.75 Å². The summed E-state index contributed by atoms with van der Waals surface area (Å²) in [4.78, 5) is 17.4. The number of para-hydroxylation sites is 1. The fourth-order valence-electron chi connectivity index (χ4n) is 5.08. The van der Waals surface area contributed by atoms with Gasteiger partial charge in [-0.3, -0.25) is 9.69 Å². The van der Waals surface area contributed by atoms with E-state index in [1.807, 2.05) is 24.3 Å². The zero-order chi connectivity index (χ0) is 26.3. The molecule has 0 bridgehead atoms. The molecule has 2 aromatic heterocycles. The Morgan fingerprint density at radius 3 is 2.66 bits per heavy atom. The lowest BCUT2D eigenvalue weighted by atomic mass is 9.93. The predicted molar refractivity (Wildman–Crippen MR) is 150 cm³/mol. The van der Waals surface area contributed by atoms with Crippen LogP contribution < -0.4 is 20.3 Å². The van der Waals surface area contributed by atoms with Crippen molar-refractivity contribution in [1.29, 1.82) is 0 Å². The van der Waals surface area contributed by atoms with Gasteiger partial charge in [-0.25, -0.2) is 0 Å². The zero-order valence-electron chi connectivity index (χ0n) is 22.0. The molecule has 3 aromatic rings. The first kappa shape index (κ1) is 26.3. The number of rotatable bonds is 10. The van der Waals surface area contributed by atoms with Crippen molar-refractivity contribution in [2.24, 2.45) is 5.92 Å². The minimum atomic E-state index is 0.0107. The van der Waals surface area contributed by atoms with E-state index in [-0.39, 0.29) is 18.1 Å². The molecule has 11 heteroatoms. The average molecular weight is 537 g/mol. The second-order valence-corrected chi connectivity index (χ2v) is 11.3. The third-order valence-corrected chi connectivity index (χ3v) is 7.75. The smallest absolute Gasteiger partial charge is 0.226 e. The van der Waals surface area contributed by atoms with Gasteiger partial charge in [-0.1, -0.05) is 29.5 Å². The van der Waals surface area contributed by atoms with Crippen molar-refractivity contribution in [3.05, 3.63) is 48.2 Å². The molecule has 0 radical (unpaired) electrons. The molecule has 0 unspecified atom stereocenters. The molecule has 2 aliphatic rings. The standard InChI is InChI=1S/C27H36N8O2S/c1-19(2)37-23-7-4-3-6-21(23)17-34-13-9-20(10-14-34)16-25(36)30-27-33-32-26(38-27)29-22-11-15-35(18-22)24-8-5-12-28-31-24/h3-8,12,19-20,22H,9-11,13-18H2,1-2H3,(H,29,32)(H,30,33,36)/t22-/m1/s1. The van der Waals surface area contributed by atoms with Crippen LogP contribution in [0, 0.1) is 5.92 Å². The summed E-state index contributed by atoms with van der Waals surface area (Å²) >= 11 is 1.38. The largest absolute Gasteiger partial charge is 0.491 e. The third-order valence-electron chi connectivity index (χ3n) is 6.98. The Kier molecular flexibility index (Phi) is 8.65. The highest BCUT2D eigenvalue weighted by Crippen LogP contribution is 2.28. The van der Waals surface area contributed by atoms with Crippen molar-refractivity contribution in [2.45, 2.75) is 58.2 Å². The fourth-order valence-corrected chi connectivity index (χ4v) is 5.82. The van der Waals surface area contributed by atoms with E-state index in [0.29, 0.717) is 17.5 Å². The molecule has 2 N–H and O–H groups in total. The summed E-state index contributed by atoms with van der Waals surface area (Å²) in [6.07, 6.45) is 5.34. The van der Waals surface area contributed by atoms with E-state index in [1.165, 1.54) is 16.9 Å². The van der Waals surface area contributed by atoms with Gasteiger partial charge < -0.3 is 20.3 Å². The molecule has 5 rings (SSSR count). The van der Waals surface area contributed by atoms with E-state index in [9.17, 15) is 4.79 Å². The van der Waals surface area contributed by atoms with E-state index in [4.69, 9.17) is 4.74 Å². The zero-order valence-corrected chi connectivity index (χ0v) is 22.9. The Morgan fingerprint density at radius 1 is 1.05 bits per heavy atom. The number of hydrogen-bond donors (Lipinski definition) is 2. The molecule has 4 heterocycles. The molecule has 1 amide bonds. The van der Waals surface area contributed by atoms with Gasteiger partial charge in [0.25, 0.3) is 0 Å². The van der Waals surface area contributed by atoms with Gasteiger partial charge in [0, 0.05) is 43.9 Å². The molecule has 1 atom stereocenters. The maximum absolute atomic E-state index is 12.7. The molecule has 0 spiro atoms. The van der Waals surface area contributed by atoms with E-state index in [1.54, 1.807) is 6.20 Å². The molecule has 2 saturated heterocycles. The minimum Gasteiger partial charge on any atom is -0.491 e. The Hall–Kier alpha value is -3.31. The first-order valence-electron chi connectivity index (χ1n) is 13.4. The summed E-state index contributed by atoms with van der Waals surface area (Å²) in [6.45, 7) is 8.68. The summed E-state index contributed by atoms with van der Waals surface area (Å²) in [7, 11) is 0. The Labute approximate surface area is 227 Å². The summed E-state index contributed by atoms with van der Waals surface area (Å²) in [5.74, 6) is 2.24. The first-order chi connectivity index (χ1) is 18.5. The van der Waals surface area contributed by atoms with Crippen LogP contribution in [0.4, 0.5) is 16.1 Å². The summed E-state index contributed by atoms with van der Waals surface area (Å²) in [5, 5.41) is 24.2. The Morgan fingerprint density at radius 2 is 1.87 bits per heavy atom. The minimum absolute atomic E-state index is 0.0107. The van der Waals surface area contributed by atoms with Crippen LogP contribution in [-0.2, 0) is 11.3 Å². The van der Waals surface area contributed by atoms with Crippen molar-refractivity contribution in [2.75, 3.05) is 41.7 Å². The highest BCUT2D eigenvalue weighted by Gasteiger charge is 2.25. The second-order valence-electron chi connectivity index (χ2n) is 10.3. The number of nitrogens with zero attached hydrogens (tertiary/aromatic N) is 6. The van der Waals surface area contributed by atoms with Crippen LogP contribution in [-0.4, -0.2) is 69.5 Å². The van der Waals surface area contributed by atoms with Crippen LogP contribution in [0.2, 0.25) is 0 Å². The number of anilines is 3. The topological polar surface area (TPSA) is 108 Å². The highest BCUT2D eigenvalue weighted by atomic mass is 32.1. The molecular weight excluding hydrogens is 500 g/mol. The van der Waals surface area contributed by atoms with Crippen LogP contribution in [0.5, 0.6) is 5.75 Å². The van der Waals surface area contributed by atoms with E-state index in [2.05, 4.69) is 66.8 Å². The predicted octanol–water partition coefficient (Wildman–Crippen LogP) is 4.05. The monoisotopic (exact) mass is 536 g/mol. The fraction of sp³-hybridized carbons (Fsp3) is 0.519. The summed E-state index contributed by atoms with van der Waals surface area (Å²) < 4.78 is 5.98. The number of carbonyl (C=O) groups is 1. The molecule has 202 valence electrons. The van der Waals surface area contributed by atoms with Crippen LogP contribution in [0.25, 0.3) is 0 Å². The van der Waals surface area contributed by atoms with E-state index in [0.717, 1.165) is 68.7 Å². The number of likely N-dealkylation sites (tertiary alicyclic amines) is 1. The maximum Gasteiger partial charge on any atom is 0.226 e. The number of piperidine rings is 1. The van der Waals surface area contributed by atoms with Crippen molar-refractivity contribution < 1.29 is 9.53 Å². The number of amides is 1. The molecule has 0 saturated carbocycles. The lowest BCUT2D eigenvalue weighted by Gasteiger charge is -2.32. The number of ether oxygens (including phenoxy) is 1. The van der Waals surface area contributed by atoms with Gasteiger partial charge in [-0.2, -0.15) is 5.10 Å². The van der Waals surface area contributed by atoms with Crippen LogP contribution in [0.3, 0.4) is 0 Å². The SMILES string of the molecule is CC(C)Oc1ccccc1CN1CCC(CC(=O)Nc2nnc(N[C@@H]3CCN(c4cccnn4)C3)s2)CC1. The molecule has 38 heavy (non-hydrogen) atoms. The average Bonchev–Trinajstić information content (AvgIpc) is 3.56. The number of aromatic nitrogens is 4. The molecule has 10 nitrogen and oxygen atoms in total. The van der Waals surface area contributed by atoms with Gasteiger partial charge in [0.2, 0.25) is 16.2 Å². The third kappa shape index (κ3) is 7.16. The number of benzene rings is 1. The molecule has 2 aliphatic heterocycles. The van der Waals surface area contributed by atoms with E-state index < -0.39 is 0 Å². The van der Waals surface area contributed by atoms with Gasteiger partial charge in [0.15, 0.2) is 5.82 Å². The van der Waals surface area contributed by atoms with Crippen molar-refractivity contribution in [3.63, 3.8) is 0 Å². The number of carbonyl (C=O) groups excluding carboxylic acids is 1. The normalized spacial score (nSPS) is 18.6. The van der Waals surface area contributed by atoms with Crippen molar-refractivity contribution in [1.82, 2.24) is 25.3 Å². The number of hydrogen-bond acceptors (Lipinski definition) is 10. The van der Waals surface area contributed by atoms with Gasteiger partial charge in [0.1, 0.15) is 5.75 Å². The first-order valence-corrected chi connectivity index (χ1v) is 14.2. The Bertz CT molecular complexity index is 1180. The summed E-state index contributed by atoms with van der Waals surface area (Å²) in [6, 6.07) is 12.4. The number of nitrogens with one attached hydrogen (secondary N) is 2. The maximum atomic E-state index is 12.7. The summed E-state index contributed by atoms with van der Waals surface area (Å²) in [5.41, 5.74) is 1.22. The lowest BCUT2D eigenvalue weighted by molar-refractivity contribution is -0.117. The molecular formula is C27H36N8O2S. The second kappa shape index (κ2) is 12.5. The molecule has 1 aromatic carbocycles. The van der Waals surface area contributed by atoms with Gasteiger partial charge in [-0.05, 0) is 70.3 Å². The van der Waals surface area contributed by atoms with Crippen LogP contribution >= 0.6 is 11.3 Å². The molecule has 2 fully saturated rings. The van der Waals surface area contributed by atoms with Gasteiger partial charge >= 0.3 is 0 Å².